The molecule has 0 saturated heterocycles. The van der Waals surface area contributed by atoms with Crippen LogP contribution in [-0.2, 0) is 5.41 Å². The molecule has 0 unspecified atom stereocenters. The van der Waals surface area contributed by atoms with Gasteiger partial charge in [-0.1, -0.05) is 123 Å². The van der Waals surface area contributed by atoms with E-state index in [1.54, 1.807) is 0 Å². The molecule has 0 atom stereocenters. The summed E-state index contributed by atoms with van der Waals surface area (Å²) in [7, 11) is 0. The van der Waals surface area contributed by atoms with Gasteiger partial charge in [0.15, 0.2) is 0 Å². The highest BCUT2D eigenvalue weighted by Gasteiger charge is 2.36. The van der Waals surface area contributed by atoms with E-state index in [4.69, 9.17) is 4.42 Å². The Hall–Kier alpha value is -6.58. The molecule has 1 aliphatic rings. The minimum atomic E-state index is -0.181. The van der Waals surface area contributed by atoms with E-state index in [2.05, 4.69) is 193 Å². The molecule has 3 nitrogen and oxygen atoms in total. The molecule has 0 radical (unpaired) electrons. The monoisotopic (exact) mass is 666 g/mol. The minimum absolute atomic E-state index is 0.181. The molecule has 0 bridgehead atoms. The van der Waals surface area contributed by atoms with E-state index in [0.717, 1.165) is 33.6 Å². The summed E-state index contributed by atoms with van der Waals surface area (Å²) in [6.45, 7) is 4.72. The van der Waals surface area contributed by atoms with Gasteiger partial charge in [0, 0.05) is 38.3 Å². The van der Waals surface area contributed by atoms with Crippen molar-refractivity contribution in [1.82, 2.24) is 4.57 Å². The average molecular weight is 667 g/mol. The third kappa shape index (κ3) is 4.02. The second-order valence-corrected chi connectivity index (χ2v) is 14.5. The number of aromatic nitrogens is 1. The van der Waals surface area contributed by atoms with Gasteiger partial charge in [-0.2, -0.15) is 0 Å². The molecule has 0 aliphatic carbocycles. The maximum absolute atomic E-state index is 6.75. The summed E-state index contributed by atoms with van der Waals surface area (Å²) in [5, 5.41) is 7.17. The van der Waals surface area contributed by atoms with Crippen LogP contribution in [0.1, 0.15) is 25.0 Å². The highest BCUT2D eigenvalue weighted by atomic mass is 16.3. The van der Waals surface area contributed by atoms with Crippen molar-refractivity contribution >= 4 is 71.6 Å². The summed E-state index contributed by atoms with van der Waals surface area (Å²) in [5.41, 5.74) is 13.8. The molecule has 2 aromatic heterocycles. The molecule has 3 heteroatoms. The van der Waals surface area contributed by atoms with Crippen LogP contribution in [0.4, 0.5) is 17.1 Å². The van der Waals surface area contributed by atoms with Gasteiger partial charge >= 0.3 is 0 Å². The molecule has 3 heterocycles. The number of benzene rings is 8. The number of nitrogens with zero attached hydrogens (tertiary/aromatic N) is 2. The van der Waals surface area contributed by atoms with E-state index >= 15 is 0 Å². The fraction of sp³-hybridized carbons (Fsp3) is 0.0612. The largest absolute Gasteiger partial charge is 0.455 e. The zero-order valence-electron chi connectivity index (χ0n) is 29.0. The zero-order valence-corrected chi connectivity index (χ0v) is 29.0. The van der Waals surface area contributed by atoms with Crippen LogP contribution in [0.3, 0.4) is 0 Å². The lowest BCUT2D eigenvalue weighted by molar-refractivity contribution is 0.630. The predicted octanol–water partition coefficient (Wildman–Crippen LogP) is 13.6. The number of para-hydroxylation sites is 3. The lowest BCUT2D eigenvalue weighted by Gasteiger charge is -2.34. The minimum Gasteiger partial charge on any atom is -0.455 e. The SMILES string of the molecule is CC1(C)c2ccccc2-n2c3ccc(-c4ccc(N(c5ccccc5)c5cccc6ccccc56)cc4)cc3c3c4oc5ccccc5c4cc1c32. The van der Waals surface area contributed by atoms with Crippen molar-refractivity contribution < 1.29 is 4.42 Å². The summed E-state index contributed by atoms with van der Waals surface area (Å²) in [6.07, 6.45) is 0. The van der Waals surface area contributed by atoms with Crippen LogP contribution in [0.5, 0.6) is 0 Å². The predicted molar refractivity (Wildman–Crippen MR) is 218 cm³/mol. The lowest BCUT2D eigenvalue weighted by Crippen LogP contribution is -2.26. The Morgan fingerprint density at radius 2 is 1.21 bits per heavy atom. The molecule has 1 aliphatic heterocycles. The fourth-order valence-corrected chi connectivity index (χ4v) is 8.84. The number of furan rings is 1. The van der Waals surface area contributed by atoms with E-state index in [1.165, 1.54) is 65.9 Å². The van der Waals surface area contributed by atoms with Gasteiger partial charge in [0.1, 0.15) is 11.2 Å². The van der Waals surface area contributed by atoms with Crippen molar-refractivity contribution in [3.8, 4) is 16.8 Å². The number of hydrogen-bond donors (Lipinski definition) is 0. The molecule has 0 saturated carbocycles. The van der Waals surface area contributed by atoms with Crippen LogP contribution in [0.15, 0.2) is 174 Å². The molecule has 0 spiro atoms. The van der Waals surface area contributed by atoms with Gasteiger partial charge in [-0.05, 0) is 88.3 Å². The maximum Gasteiger partial charge on any atom is 0.145 e. The molecule has 0 fully saturated rings. The van der Waals surface area contributed by atoms with Crippen molar-refractivity contribution in [2.75, 3.05) is 4.90 Å². The summed E-state index contributed by atoms with van der Waals surface area (Å²) in [6, 6.07) is 61.5. The van der Waals surface area contributed by atoms with Crippen molar-refractivity contribution in [2.24, 2.45) is 0 Å². The van der Waals surface area contributed by atoms with E-state index in [-0.39, 0.29) is 5.41 Å². The van der Waals surface area contributed by atoms with E-state index in [1.807, 2.05) is 0 Å². The van der Waals surface area contributed by atoms with Crippen LogP contribution in [0.2, 0.25) is 0 Å². The van der Waals surface area contributed by atoms with Gasteiger partial charge in [-0.3, -0.25) is 0 Å². The Morgan fingerprint density at radius 3 is 2.08 bits per heavy atom. The topological polar surface area (TPSA) is 21.3 Å². The van der Waals surface area contributed by atoms with Crippen LogP contribution < -0.4 is 4.90 Å². The molecule has 0 amide bonds. The third-order valence-corrected chi connectivity index (χ3v) is 11.3. The normalized spacial score (nSPS) is 13.3. The van der Waals surface area contributed by atoms with Crippen LogP contribution in [0.25, 0.3) is 71.3 Å². The number of hydrogen-bond acceptors (Lipinski definition) is 2. The molecule has 0 N–H and O–H groups in total. The molecular weight excluding hydrogens is 633 g/mol. The van der Waals surface area contributed by atoms with Gasteiger partial charge < -0.3 is 13.9 Å². The Morgan fingerprint density at radius 1 is 0.519 bits per heavy atom. The van der Waals surface area contributed by atoms with Crippen LogP contribution in [0, 0.1) is 0 Å². The number of anilines is 3. The highest BCUT2D eigenvalue weighted by molar-refractivity contribution is 6.25. The first-order valence-electron chi connectivity index (χ1n) is 18.0. The van der Waals surface area contributed by atoms with Crippen molar-refractivity contribution in [3.63, 3.8) is 0 Å². The maximum atomic E-state index is 6.75. The summed E-state index contributed by atoms with van der Waals surface area (Å²) in [5.74, 6) is 0. The van der Waals surface area contributed by atoms with Gasteiger partial charge in [0.2, 0.25) is 0 Å². The Labute approximate surface area is 301 Å². The number of fused-ring (bicyclic) bond motifs is 10. The molecule has 11 rings (SSSR count). The molecule has 10 aromatic rings. The Kier molecular flexibility index (Phi) is 6.01. The van der Waals surface area contributed by atoms with E-state index in [0.29, 0.717) is 0 Å². The first-order chi connectivity index (χ1) is 25.6. The Balaban J connectivity index is 1.13. The second kappa shape index (κ2) is 10.7. The van der Waals surface area contributed by atoms with Crippen molar-refractivity contribution in [1.29, 1.82) is 0 Å². The van der Waals surface area contributed by atoms with Gasteiger partial charge in [-0.25, -0.2) is 0 Å². The summed E-state index contributed by atoms with van der Waals surface area (Å²) >= 11 is 0. The summed E-state index contributed by atoms with van der Waals surface area (Å²) in [4.78, 5) is 2.36. The van der Waals surface area contributed by atoms with Crippen molar-refractivity contribution in [3.05, 3.63) is 181 Å². The first kappa shape index (κ1) is 29.2. The van der Waals surface area contributed by atoms with Crippen LogP contribution in [-0.4, -0.2) is 4.57 Å². The first-order valence-corrected chi connectivity index (χ1v) is 18.0. The van der Waals surface area contributed by atoms with E-state index in [9.17, 15) is 0 Å². The van der Waals surface area contributed by atoms with Gasteiger partial charge in [0.05, 0.1) is 27.8 Å². The lowest BCUT2D eigenvalue weighted by atomic mass is 9.74. The zero-order chi connectivity index (χ0) is 34.6. The van der Waals surface area contributed by atoms with Gasteiger partial charge in [-0.15, -0.1) is 0 Å². The Bertz CT molecular complexity index is 3030. The molecular formula is C49H34N2O. The standard InChI is InChI=1S/C49H34N2O/c1-49(2)40-19-9-10-20-44(40)51-43-28-25-33(29-39(43)46-47(51)41(49)30-38-37-18-8-11-22-45(37)52-48(38)46)31-23-26-35(27-24-31)50(34-15-4-3-5-16-34)42-21-12-14-32-13-6-7-17-36(32)42/h3-30H,1-2H3. The van der Waals surface area contributed by atoms with Crippen LogP contribution >= 0.6 is 0 Å². The number of rotatable bonds is 4. The molecule has 8 aromatic carbocycles. The average Bonchev–Trinajstić information content (AvgIpc) is 3.74. The van der Waals surface area contributed by atoms with Crippen molar-refractivity contribution in [2.45, 2.75) is 19.3 Å². The third-order valence-electron chi connectivity index (χ3n) is 11.3. The quantitative estimate of drug-likeness (QED) is 0.186. The smallest absolute Gasteiger partial charge is 0.145 e. The second-order valence-electron chi connectivity index (χ2n) is 14.5. The highest BCUT2D eigenvalue weighted by Crippen LogP contribution is 2.51. The molecule has 52 heavy (non-hydrogen) atoms. The fourth-order valence-electron chi connectivity index (χ4n) is 8.84. The van der Waals surface area contributed by atoms with E-state index < -0.39 is 0 Å². The summed E-state index contributed by atoms with van der Waals surface area (Å²) < 4.78 is 9.22. The van der Waals surface area contributed by atoms with Gasteiger partial charge in [0.25, 0.3) is 0 Å². The molecule has 246 valence electrons.